The van der Waals surface area contributed by atoms with Crippen molar-refractivity contribution in [3.05, 3.63) is 65.2 Å². The molecule has 2 N–H and O–H groups in total. The molecule has 3 nitrogen and oxygen atoms in total. The molecule has 0 fully saturated rings. The second-order valence-corrected chi connectivity index (χ2v) is 5.27. The summed E-state index contributed by atoms with van der Waals surface area (Å²) in [6.07, 6.45) is 0. The molecule has 21 heavy (non-hydrogen) atoms. The molecule has 0 spiro atoms. The minimum Gasteiger partial charge on any atom is -0.389 e. The number of nitrogens with zero attached hydrogens (tertiary/aromatic N) is 1. The van der Waals surface area contributed by atoms with E-state index >= 15 is 0 Å². The Labute approximate surface area is 130 Å². The van der Waals surface area contributed by atoms with Crippen molar-refractivity contribution in [2.24, 2.45) is 5.73 Å². The molecule has 0 aliphatic heterocycles. The monoisotopic (exact) mass is 298 g/mol. The summed E-state index contributed by atoms with van der Waals surface area (Å²) in [6.45, 7) is 4.59. The van der Waals surface area contributed by atoms with Gasteiger partial charge in [-0.3, -0.25) is 4.79 Å². The van der Waals surface area contributed by atoms with Gasteiger partial charge in [0.05, 0.1) is 0 Å². The van der Waals surface area contributed by atoms with Crippen LogP contribution in [0.3, 0.4) is 0 Å². The number of aryl methyl sites for hydroxylation is 1. The molecular formula is C17H18N2OS. The number of amides is 1. The molecule has 108 valence electrons. The Kier molecular flexibility index (Phi) is 4.70. The molecule has 1 amide bonds. The summed E-state index contributed by atoms with van der Waals surface area (Å²) in [4.78, 5) is 14.7. The number of carbonyl (C=O) groups is 1. The van der Waals surface area contributed by atoms with Gasteiger partial charge in [0.2, 0.25) is 0 Å². The lowest BCUT2D eigenvalue weighted by molar-refractivity contribution is 0.0988. The number of hydrogen-bond donors (Lipinski definition) is 1. The van der Waals surface area contributed by atoms with E-state index in [2.05, 4.69) is 0 Å². The third kappa shape index (κ3) is 3.47. The van der Waals surface area contributed by atoms with Gasteiger partial charge in [0.25, 0.3) is 5.91 Å². The topological polar surface area (TPSA) is 46.3 Å². The van der Waals surface area contributed by atoms with Gasteiger partial charge in [0.15, 0.2) is 0 Å². The van der Waals surface area contributed by atoms with Crippen molar-refractivity contribution < 1.29 is 4.79 Å². The fourth-order valence-electron chi connectivity index (χ4n) is 2.10. The van der Waals surface area contributed by atoms with Crippen LogP contribution in [0.15, 0.2) is 48.5 Å². The molecule has 0 radical (unpaired) electrons. The minimum absolute atomic E-state index is 0.0316. The Morgan fingerprint density at radius 2 is 1.57 bits per heavy atom. The highest BCUT2D eigenvalue weighted by atomic mass is 32.1. The molecule has 0 saturated carbocycles. The summed E-state index contributed by atoms with van der Waals surface area (Å²) in [5.74, 6) is -0.0316. The van der Waals surface area contributed by atoms with Crippen LogP contribution in [0.25, 0.3) is 0 Å². The lowest BCUT2D eigenvalue weighted by Gasteiger charge is -2.21. The molecule has 0 saturated heterocycles. The van der Waals surface area contributed by atoms with Gasteiger partial charge in [0.1, 0.15) is 4.99 Å². The standard InChI is InChI=1S/C17H18N2OS/c1-3-19(15-10-4-12(2)5-11-15)17(20)14-8-6-13(7-9-14)16(18)21/h4-11H,3H2,1-2H3,(H2,18,21). The average Bonchev–Trinajstić information content (AvgIpc) is 2.50. The summed E-state index contributed by atoms with van der Waals surface area (Å²) in [6, 6.07) is 15.0. The van der Waals surface area contributed by atoms with E-state index in [-0.39, 0.29) is 5.91 Å². The molecule has 2 aromatic rings. The molecule has 2 aromatic carbocycles. The number of rotatable bonds is 4. The van der Waals surface area contributed by atoms with Gasteiger partial charge in [0, 0.05) is 23.4 Å². The number of thiocarbonyl (C=S) groups is 1. The molecule has 0 heterocycles. The van der Waals surface area contributed by atoms with E-state index in [4.69, 9.17) is 18.0 Å². The zero-order valence-electron chi connectivity index (χ0n) is 12.2. The van der Waals surface area contributed by atoms with Crippen LogP contribution in [-0.2, 0) is 0 Å². The predicted octanol–water partition coefficient (Wildman–Crippen LogP) is 3.30. The van der Waals surface area contributed by atoms with Crippen molar-refractivity contribution in [1.29, 1.82) is 0 Å². The predicted molar refractivity (Wildman–Crippen MR) is 90.9 cm³/mol. The Morgan fingerprint density at radius 1 is 1.05 bits per heavy atom. The normalized spacial score (nSPS) is 10.2. The number of carbonyl (C=O) groups excluding carboxylic acids is 1. The van der Waals surface area contributed by atoms with Crippen LogP contribution in [0.5, 0.6) is 0 Å². The highest BCUT2D eigenvalue weighted by Crippen LogP contribution is 2.18. The molecule has 0 bridgehead atoms. The Morgan fingerprint density at radius 3 is 2.05 bits per heavy atom. The van der Waals surface area contributed by atoms with Crippen molar-refractivity contribution >= 4 is 28.8 Å². The van der Waals surface area contributed by atoms with E-state index < -0.39 is 0 Å². The first-order valence-corrected chi connectivity index (χ1v) is 7.22. The molecular weight excluding hydrogens is 280 g/mol. The van der Waals surface area contributed by atoms with Crippen molar-refractivity contribution in [3.63, 3.8) is 0 Å². The molecule has 4 heteroatoms. The summed E-state index contributed by atoms with van der Waals surface area (Å²) >= 11 is 4.92. The molecule has 0 aromatic heterocycles. The molecule has 0 aliphatic carbocycles. The van der Waals surface area contributed by atoms with E-state index in [1.807, 2.05) is 38.1 Å². The number of anilines is 1. The maximum Gasteiger partial charge on any atom is 0.258 e. The number of nitrogens with two attached hydrogens (primary N) is 1. The third-order valence-corrected chi connectivity index (χ3v) is 3.56. The Bertz CT molecular complexity index is 647. The molecule has 0 aliphatic rings. The fourth-order valence-corrected chi connectivity index (χ4v) is 2.24. The maximum atomic E-state index is 12.6. The molecule has 0 atom stereocenters. The molecule has 0 unspecified atom stereocenters. The Balaban J connectivity index is 2.27. The zero-order chi connectivity index (χ0) is 15.4. The van der Waals surface area contributed by atoms with E-state index in [1.165, 1.54) is 5.56 Å². The van der Waals surface area contributed by atoms with E-state index in [9.17, 15) is 4.79 Å². The summed E-state index contributed by atoms with van der Waals surface area (Å²) in [5, 5.41) is 0. The number of benzene rings is 2. The van der Waals surface area contributed by atoms with E-state index in [0.717, 1.165) is 11.3 Å². The van der Waals surface area contributed by atoms with E-state index in [0.29, 0.717) is 17.1 Å². The van der Waals surface area contributed by atoms with Gasteiger partial charge in [-0.05, 0) is 38.1 Å². The largest absolute Gasteiger partial charge is 0.389 e. The lowest BCUT2D eigenvalue weighted by atomic mass is 10.1. The van der Waals surface area contributed by atoms with Crippen molar-refractivity contribution in [2.75, 3.05) is 11.4 Å². The highest BCUT2D eigenvalue weighted by molar-refractivity contribution is 7.80. The van der Waals surface area contributed by atoms with E-state index in [1.54, 1.807) is 29.2 Å². The van der Waals surface area contributed by atoms with Crippen LogP contribution >= 0.6 is 12.2 Å². The van der Waals surface area contributed by atoms with Gasteiger partial charge < -0.3 is 10.6 Å². The second-order valence-electron chi connectivity index (χ2n) is 4.83. The van der Waals surface area contributed by atoms with Crippen LogP contribution in [0.4, 0.5) is 5.69 Å². The fraction of sp³-hybridized carbons (Fsp3) is 0.176. The zero-order valence-corrected chi connectivity index (χ0v) is 13.0. The first-order valence-electron chi connectivity index (χ1n) is 6.81. The van der Waals surface area contributed by atoms with Crippen LogP contribution < -0.4 is 10.6 Å². The Hall–Kier alpha value is -2.20. The van der Waals surface area contributed by atoms with Crippen molar-refractivity contribution in [3.8, 4) is 0 Å². The van der Waals surface area contributed by atoms with Crippen LogP contribution in [0, 0.1) is 6.92 Å². The second kappa shape index (κ2) is 6.50. The van der Waals surface area contributed by atoms with Crippen LogP contribution in [0.1, 0.15) is 28.4 Å². The van der Waals surface area contributed by atoms with Gasteiger partial charge in [-0.25, -0.2) is 0 Å². The SMILES string of the molecule is CCN(C(=O)c1ccc(C(N)=S)cc1)c1ccc(C)cc1. The molecule has 2 rings (SSSR count). The maximum absolute atomic E-state index is 12.6. The van der Waals surface area contributed by atoms with Crippen molar-refractivity contribution in [1.82, 2.24) is 0 Å². The summed E-state index contributed by atoms with van der Waals surface area (Å²) in [7, 11) is 0. The minimum atomic E-state index is -0.0316. The van der Waals surface area contributed by atoms with Gasteiger partial charge in [-0.1, -0.05) is 42.0 Å². The first-order chi connectivity index (χ1) is 10.0. The summed E-state index contributed by atoms with van der Waals surface area (Å²) in [5.41, 5.74) is 9.02. The average molecular weight is 298 g/mol. The van der Waals surface area contributed by atoms with Crippen LogP contribution in [0.2, 0.25) is 0 Å². The highest BCUT2D eigenvalue weighted by Gasteiger charge is 2.15. The summed E-state index contributed by atoms with van der Waals surface area (Å²) < 4.78 is 0. The van der Waals surface area contributed by atoms with Gasteiger partial charge >= 0.3 is 0 Å². The lowest BCUT2D eigenvalue weighted by Crippen LogP contribution is -2.30. The van der Waals surface area contributed by atoms with Crippen LogP contribution in [-0.4, -0.2) is 17.4 Å². The van der Waals surface area contributed by atoms with Gasteiger partial charge in [-0.15, -0.1) is 0 Å². The first kappa shape index (κ1) is 15.2. The smallest absolute Gasteiger partial charge is 0.258 e. The third-order valence-electron chi connectivity index (χ3n) is 3.32. The quantitative estimate of drug-likeness (QED) is 0.881. The van der Waals surface area contributed by atoms with Crippen molar-refractivity contribution in [2.45, 2.75) is 13.8 Å². The number of hydrogen-bond acceptors (Lipinski definition) is 2. The van der Waals surface area contributed by atoms with Gasteiger partial charge in [-0.2, -0.15) is 0 Å².